The Hall–Kier alpha value is -2.12. The largest absolute Gasteiger partial charge is 0.342 e. The Labute approximate surface area is 203 Å². The predicted molar refractivity (Wildman–Crippen MR) is 130 cm³/mol. The van der Waals surface area contributed by atoms with Crippen LogP contribution in [-0.4, -0.2) is 59.3 Å². The maximum absolute atomic E-state index is 12.5. The number of carbonyl (C=O) groups is 2. The van der Waals surface area contributed by atoms with E-state index in [9.17, 15) is 9.59 Å². The van der Waals surface area contributed by atoms with Gasteiger partial charge >= 0.3 is 0 Å². The summed E-state index contributed by atoms with van der Waals surface area (Å²) in [4.78, 5) is 35.4. The van der Waals surface area contributed by atoms with E-state index in [0.717, 1.165) is 70.0 Å². The first-order chi connectivity index (χ1) is 15.9. The summed E-state index contributed by atoms with van der Waals surface area (Å²) in [5, 5.41) is 0.915. The van der Waals surface area contributed by atoms with Crippen molar-refractivity contribution >= 4 is 45.6 Å². The van der Waals surface area contributed by atoms with Crippen molar-refractivity contribution in [1.29, 1.82) is 0 Å². The SMILES string of the molecule is CC(=O)N1CCC2(C1)CN(c1ncc(Cl)s1)c1ccc(CC3CC(C(=O)N4CCC4)C3)cc12. The van der Waals surface area contributed by atoms with Crippen LogP contribution < -0.4 is 4.90 Å². The highest BCUT2D eigenvalue weighted by Gasteiger charge is 2.49. The molecule has 1 unspecified atom stereocenters. The lowest BCUT2D eigenvalue weighted by Gasteiger charge is -2.41. The number of carbonyl (C=O) groups excluding carboxylic acids is 2. The predicted octanol–water partition coefficient (Wildman–Crippen LogP) is 4.24. The Bertz CT molecular complexity index is 1110. The topological polar surface area (TPSA) is 56.8 Å². The number of hydrogen-bond acceptors (Lipinski definition) is 5. The lowest BCUT2D eigenvalue weighted by Crippen LogP contribution is -2.48. The zero-order valence-corrected chi connectivity index (χ0v) is 20.5. The summed E-state index contributed by atoms with van der Waals surface area (Å²) < 4.78 is 0.688. The quantitative estimate of drug-likeness (QED) is 0.651. The highest BCUT2D eigenvalue weighted by atomic mass is 35.5. The zero-order chi connectivity index (χ0) is 22.7. The number of amides is 2. The van der Waals surface area contributed by atoms with E-state index >= 15 is 0 Å². The minimum Gasteiger partial charge on any atom is -0.342 e. The number of likely N-dealkylation sites (tertiary alicyclic amines) is 2. The highest BCUT2D eigenvalue weighted by Crippen LogP contribution is 2.50. The molecule has 1 aromatic heterocycles. The number of halogens is 1. The fourth-order valence-electron chi connectivity index (χ4n) is 6.11. The van der Waals surface area contributed by atoms with Crippen molar-refractivity contribution in [3.05, 3.63) is 39.9 Å². The number of fused-ring (bicyclic) bond motifs is 2. The molecule has 4 aliphatic rings. The van der Waals surface area contributed by atoms with Crippen LogP contribution in [0.25, 0.3) is 0 Å². The van der Waals surface area contributed by atoms with Crippen LogP contribution in [0.5, 0.6) is 0 Å². The number of thiazole rings is 1. The first-order valence-corrected chi connectivity index (χ1v) is 13.2. The lowest BCUT2D eigenvalue weighted by atomic mass is 9.71. The maximum atomic E-state index is 12.5. The van der Waals surface area contributed by atoms with Gasteiger partial charge in [0.15, 0.2) is 5.13 Å². The van der Waals surface area contributed by atoms with Crippen LogP contribution >= 0.6 is 22.9 Å². The van der Waals surface area contributed by atoms with Gasteiger partial charge in [-0.3, -0.25) is 9.59 Å². The van der Waals surface area contributed by atoms with E-state index in [1.54, 1.807) is 13.1 Å². The molecule has 1 aromatic carbocycles. The maximum Gasteiger partial charge on any atom is 0.225 e. The van der Waals surface area contributed by atoms with Gasteiger partial charge in [-0.25, -0.2) is 4.98 Å². The van der Waals surface area contributed by atoms with E-state index in [4.69, 9.17) is 11.6 Å². The molecule has 0 bridgehead atoms. The minimum absolute atomic E-state index is 0.0647. The summed E-state index contributed by atoms with van der Waals surface area (Å²) in [6.07, 6.45) is 6.88. The van der Waals surface area contributed by atoms with Gasteiger partial charge in [0.05, 0.1) is 6.20 Å². The lowest BCUT2D eigenvalue weighted by molar-refractivity contribution is -0.143. The van der Waals surface area contributed by atoms with Gasteiger partial charge in [-0.15, -0.1) is 0 Å². The third kappa shape index (κ3) is 3.64. The van der Waals surface area contributed by atoms with Crippen molar-refractivity contribution < 1.29 is 9.59 Å². The normalized spacial score (nSPS) is 28.1. The Kier molecular flexibility index (Phi) is 5.18. The number of benzene rings is 1. The fraction of sp³-hybridized carbons (Fsp3) is 0.560. The molecule has 6 rings (SSSR count). The molecule has 33 heavy (non-hydrogen) atoms. The molecule has 1 atom stereocenters. The third-order valence-corrected chi connectivity index (χ3v) is 9.29. The van der Waals surface area contributed by atoms with Gasteiger partial charge in [0.2, 0.25) is 11.8 Å². The van der Waals surface area contributed by atoms with Crippen molar-refractivity contribution in [3.8, 4) is 0 Å². The fourth-order valence-corrected chi connectivity index (χ4v) is 7.02. The molecule has 1 saturated carbocycles. The monoisotopic (exact) mass is 484 g/mol. The molecule has 3 aliphatic heterocycles. The first-order valence-electron chi connectivity index (χ1n) is 12.0. The number of aromatic nitrogens is 1. The van der Waals surface area contributed by atoms with Gasteiger partial charge in [-0.2, -0.15) is 0 Å². The molecule has 1 aliphatic carbocycles. The van der Waals surface area contributed by atoms with E-state index < -0.39 is 0 Å². The molecule has 1 spiro atoms. The molecular formula is C25H29ClN4O2S. The number of rotatable bonds is 4. The van der Waals surface area contributed by atoms with E-state index in [1.165, 1.54) is 28.2 Å². The molecule has 6 nitrogen and oxygen atoms in total. The number of anilines is 2. The van der Waals surface area contributed by atoms with Gasteiger partial charge in [0, 0.05) is 56.7 Å². The molecular weight excluding hydrogens is 456 g/mol. The van der Waals surface area contributed by atoms with E-state index in [1.807, 2.05) is 9.80 Å². The van der Waals surface area contributed by atoms with Crippen LogP contribution in [0.15, 0.2) is 24.4 Å². The van der Waals surface area contributed by atoms with Gasteiger partial charge in [-0.05, 0) is 55.2 Å². The Morgan fingerprint density at radius 3 is 2.64 bits per heavy atom. The van der Waals surface area contributed by atoms with Crippen LogP contribution in [0.2, 0.25) is 4.34 Å². The molecule has 3 fully saturated rings. The molecule has 0 N–H and O–H groups in total. The van der Waals surface area contributed by atoms with Gasteiger partial charge < -0.3 is 14.7 Å². The minimum atomic E-state index is -0.0647. The standard InChI is InChI=1S/C25H29ClN4O2S/c1-16(31)29-8-5-25(14-29)15-30(24-27-13-22(26)33-24)21-4-3-17(12-20(21)25)9-18-10-19(11-18)23(32)28-6-2-7-28/h3-4,12-13,18-19H,2,5-11,14-15H2,1H3. The van der Waals surface area contributed by atoms with E-state index in [0.29, 0.717) is 16.2 Å². The first kappa shape index (κ1) is 21.4. The van der Waals surface area contributed by atoms with Crippen molar-refractivity contribution in [1.82, 2.24) is 14.8 Å². The van der Waals surface area contributed by atoms with Crippen LogP contribution in [-0.2, 0) is 21.4 Å². The van der Waals surface area contributed by atoms with Crippen molar-refractivity contribution in [3.63, 3.8) is 0 Å². The number of nitrogens with zero attached hydrogens (tertiary/aromatic N) is 4. The molecule has 2 amide bonds. The summed E-state index contributed by atoms with van der Waals surface area (Å²) in [7, 11) is 0. The summed E-state index contributed by atoms with van der Waals surface area (Å²) >= 11 is 7.70. The van der Waals surface area contributed by atoms with E-state index in [-0.39, 0.29) is 17.2 Å². The van der Waals surface area contributed by atoms with Crippen molar-refractivity contribution in [2.24, 2.45) is 11.8 Å². The molecule has 8 heteroatoms. The molecule has 4 heterocycles. The van der Waals surface area contributed by atoms with Gasteiger partial charge in [0.25, 0.3) is 0 Å². The Balaban J connectivity index is 1.23. The molecule has 174 valence electrons. The second-order valence-electron chi connectivity index (χ2n) is 10.3. The van der Waals surface area contributed by atoms with Crippen molar-refractivity contribution in [2.75, 3.05) is 37.6 Å². The van der Waals surface area contributed by atoms with Crippen LogP contribution in [0.1, 0.15) is 43.7 Å². The molecule has 2 saturated heterocycles. The van der Waals surface area contributed by atoms with E-state index in [2.05, 4.69) is 28.1 Å². The van der Waals surface area contributed by atoms with Gasteiger partial charge in [0.1, 0.15) is 4.34 Å². The molecule has 0 radical (unpaired) electrons. The van der Waals surface area contributed by atoms with Crippen LogP contribution in [0.4, 0.5) is 10.8 Å². The van der Waals surface area contributed by atoms with Gasteiger partial charge in [-0.1, -0.05) is 35.1 Å². The Morgan fingerprint density at radius 1 is 1.18 bits per heavy atom. The van der Waals surface area contributed by atoms with Crippen LogP contribution in [0.3, 0.4) is 0 Å². The summed E-state index contributed by atoms with van der Waals surface area (Å²) in [6, 6.07) is 6.84. The second-order valence-corrected chi connectivity index (χ2v) is 11.9. The third-order valence-electron chi connectivity index (χ3n) is 8.16. The zero-order valence-electron chi connectivity index (χ0n) is 18.9. The summed E-state index contributed by atoms with van der Waals surface area (Å²) in [6.45, 7) is 5.95. The highest BCUT2D eigenvalue weighted by molar-refractivity contribution is 7.19. The smallest absolute Gasteiger partial charge is 0.225 e. The van der Waals surface area contributed by atoms with Crippen LogP contribution in [0, 0.1) is 11.8 Å². The average Bonchev–Trinajstić information content (AvgIpc) is 3.41. The molecule has 2 aromatic rings. The average molecular weight is 485 g/mol. The number of hydrogen-bond donors (Lipinski definition) is 0. The summed E-state index contributed by atoms with van der Waals surface area (Å²) in [5.41, 5.74) is 3.80. The van der Waals surface area contributed by atoms with Crippen molar-refractivity contribution in [2.45, 2.75) is 44.4 Å². The summed E-state index contributed by atoms with van der Waals surface area (Å²) in [5.74, 6) is 1.34. The Morgan fingerprint density at radius 2 is 2.00 bits per heavy atom. The second kappa shape index (κ2) is 7.98.